The zero-order valence-electron chi connectivity index (χ0n) is 10.7. The molecule has 0 heterocycles. The molecule has 0 aliphatic heterocycles. The average Bonchev–Trinajstić information content (AvgIpc) is 2.33. The van der Waals surface area contributed by atoms with Gasteiger partial charge < -0.3 is 10.4 Å². The van der Waals surface area contributed by atoms with Crippen LogP contribution in [0.15, 0.2) is 40.9 Å². The normalized spacial score (nSPS) is 12.2. The lowest BCUT2D eigenvalue weighted by atomic mass is 10.0. The number of aryl methyl sites for hydroxylation is 1. The highest BCUT2D eigenvalue weighted by atomic mass is 79.9. The molecule has 0 aliphatic carbocycles. The molecule has 0 aromatic heterocycles. The Bertz CT molecular complexity index is 601. The Hall–Kier alpha value is -1.19. The third kappa shape index (κ3) is 3.43. The second kappa shape index (κ2) is 5.85. The van der Waals surface area contributed by atoms with Crippen molar-refractivity contribution in [3.63, 3.8) is 0 Å². The highest BCUT2D eigenvalue weighted by Crippen LogP contribution is 2.30. The van der Waals surface area contributed by atoms with Crippen molar-refractivity contribution in [1.29, 1.82) is 0 Å². The summed E-state index contributed by atoms with van der Waals surface area (Å²) in [7, 11) is 0. The van der Waals surface area contributed by atoms with E-state index in [1.54, 1.807) is 6.07 Å². The zero-order chi connectivity index (χ0) is 14.0. The first-order valence-electron chi connectivity index (χ1n) is 5.98. The molecule has 1 unspecified atom stereocenters. The lowest BCUT2D eigenvalue weighted by molar-refractivity contribution is 0.465. The van der Waals surface area contributed by atoms with Gasteiger partial charge in [0, 0.05) is 15.7 Å². The van der Waals surface area contributed by atoms with Crippen molar-refractivity contribution in [3.05, 3.63) is 57.0 Å². The van der Waals surface area contributed by atoms with E-state index in [4.69, 9.17) is 11.6 Å². The van der Waals surface area contributed by atoms with Crippen LogP contribution in [0.25, 0.3) is 0 Å². The molecule has 0 bridgehead atoms. The van der Waals surface area contributed by atoms with E-state index < -0.39 is 0 Å². The SMILES string of the molecule is Cc1ccc(C(C)Nc2ccc(Br)c(Cl)c2)c(O)c1. The van der Waals surface area contributed by atoms with Crippen LogP contribution in [0.2, 0.25) is 5.02 Å². The van der Waals surface area contributed by atoms with Crippen LogP contribution in [0.5, 0.6) is 5.75 Å². The standard InChI is InChI=1S/C15H15BrClNO/c1-9-3-5-12(15(19)7-9)10(2)18-11-4-6-13(16)14(17)8-11/h3-8,10,18-19H,1-2H3. The Morgan fingerprint density at radius 2 is 1.95 bits per heavy atom. The van der Waals surface area contributed by atoms with Gasteiger partial charge >= 0.3 is 0 Å². The van der Waals surface area contributed by atoms with Crippen molar-refractivity contribution < 1.29 is 5.11 Å². The number of phenolic OH excluding ortho intramolecular Hbond substituents is 1. The molecule has 0 saturated carbocycles. The number of phenols is 1. The Kier molecular flexibility index (Phi) is 4.38. The van der Waals surface area contributed by atoms with Crippen LogP contribution in [0, 0.1) is 6.92 Å². The Balaban J connectivity index is 2.20. The number of halogens is 2. The predicted molar refractivity (Wildman–Crippen MR) is 84.0 cm³/mol. The van der Waals surface area contributed by atoms with E-state index in [1.165, 1.54) is 0 Å². The summed E-state index contributed by atoms with van der Waals surface area (Å²) in [6.45, 7) is 3.95. The Morgan fingerprint density at radius 3 is 2.58 bits per heavy atom. The maximum Gasteiger partial charge on any atom is 0.121 e. The van der Waals surface area contributed by atoms with E-state index in [0.717, 1.165) is 21.3 Å². The first kappa shape index (κ1) is 14.2. The summed E-state index contributed by atoms with van der Waals surface area (Å²) in [6.07, 6.45) is 0. The molecule has 0 fully saturated rings. The number of nitrogens with one attached hydrogen (secondary N) is 1. The van der Waals surface area contributed by atoms with E-state index >= 15 is 0 Å². The van der Waals surface area contributed by atoms with Gasteiger partial charge in [-0.1, -0.05) is 23.7 Å². The van der Waals surface area contributed by atoms with E-state index in [1.807, 2.05) is 44.2 Å². The number of benzene rings is 2. The zero-order valence-corrected chi connectivity index (χ0v) is 13.1. The molecular weight excluding hydrogens is 326 g/mol. The summed E-state index contributed by atoms with van der Waals surface area (Å²) in [5, 5.41) is 13.9. The van der Waals surface area contributed by atoms with Gasteiger partial charge in [0.1, 0.15) is 5.75 Å². The van der Waals surface area contributed by atoms with Crippen molar-refractivity contribution in [2.75, 3.05) is 5.32 Å². The second-order valence-electron chi connectivity index (χ2n) is 4.56. The fourth-order valence-electron chi connectivity index (χ4n) is 1.93. The van der Waals surface area contributed by atoms with Gasteiger partial charge in [0.2, 0.25) is 0 Å². The highest BCUT2D eigenvalue weighted by molar-refractivity contribution is 9.10. The van der Waals surface area contributed by atoms with Gasteiger partial charge in [-0.3, -0.25) is 0 Å². The molecule has 19 heavy (non-hydrogen) atoms. The number of hydrogen-bond donors (Lipinski definition) is 2. The number of hydrogen-bond acceptors (Lipinski definition) is 2. The maximum atomic E-state index is 9.96. The smallest absolute Gasteiger partial charge is 0.121 e. The average molecular weight is 341 g/mol. The summed E-state index contributed by atoms with van der Waals surface area (Å²) in [4.78, 5) is 0. The molecule has 0 saturated heterocycles. The minimum Gasteiger partial charge on any atom is -0.508 e. The molecule has 2 aromatic carbocycles. The first-order valence-corrected chi connectivity index (χ1v) is 7.15. The quantitative estimate of drug-likeness (QED) is 0.795. The predicted octanol–water partition coefficient (Wildman–Crippen LogP) is 5.29. The van der Waals surface area contributed by atoms with Gasteiger partial charge in [0.25, 0.3) is 0 Å². The third-order valence-electron chi connectivity index (χ3n) is 2.96. The molecule has 0 amide bonds. The monoisotopic (exact) mass is 339 g/mol. The third-order valence-corrected chi connectivity index (χ3v) is 4.19. The van der Waals surface area contributed by atoms with Crippen LogP contribution in [0.1, 0.15) is 24.1 Å². The molecule has 2 aromatic rings. The summed E-state index contributed by atoms with van der Waals surface area (Å²) in [6, 6.07) is 11.4. The van der Waals surface area contributed by atoms with Gasteiger partial charge in [0.05, 0.1) is 11.1 Å². The molecule has 2 rings (SSSR count). The van der Waals surface area contributed by atoms with Crippen LogP contribution in [0.4, 0.5) is 5.69 Å². The lowest BCUT2D eigenvalue weighted by Gasteiger charge is -2.17. The van der Waals surface area contributed by atoms with Gasteiger partial charge in [0.15, 0.2) is 0 Å². The summed E-state index contributed by atoms with van der Waals surface area (Å²) < 4.78 is 0.866. The Morgan fingerprint density at radius 1 is 1.21 bits per heavy atom. The second-order valence-corrected chi connectivity index (χ2v) is 5.82. The molecule has 0 aliphatic rings. The molecule has 0 radical (unpaired) electrons. The number of aromatic hydroxyl groups is 1. The summed E-state index contributed by atoms with van der Waals surface area (Å²) in [5.41, 5.74) is 2.82. The maximum absolute atomic E-state index is 9.96. The van der Waals surface area contributed by atoms with Gasteiger partial charge in [-0.15, -0.1) is 0 Å². The van der Waals surface area contributed by atoms with Crippen molar-refractivity contribution in [2.24, 2.45) is 0 Å². The fourth-order valence-corrected chi connectivity index (χ4v) is 2.36. The first-order chi connectivity index (χ1) is 8.97. The van der Waals surface area contributed by atoms with Crippen molar-refractivity contribution in [3.8, 4) is 5.75 Å². The molecule has 2 nitrogen and oxygen atoms in total. The minimum atomic E-state index is -0.00200. The molecule has 2 N–H and O–H groups in total. The van der Waals surface area contributed by atoms with Crippen LogP contribution in [0.3, 0.4) is 0 Å². The molecule has 0 spiro atoms. The number of anilines is 1. The largest absolute Gasteiger partial charge is 0.508 e. The lowest BCUT2D eigenvalue weighted by Crippen LogP contribution is -2.06. The van der Waals surface area contributed by atoms with Gasteiger partial charge in [-0.25, -0.2) is 0 Å². The summed E-state index contributed by atoms with van der Waals surface area (Å²) in [5.74, 6) is 0.309. The van der Waals surface area contributed by atoms with Gasteiger partial charge in [-0.2, -0.15) is 0 Å². The molecule has 100 valence electrons. The van der Waals surface area contributed by atoms with Crippen molar-refractivity contribution in [1.82, 2.24) is 0 Å². The molecular formula is C15H15BrClNO. The van der Waals surface area contributed by atoms with Crippen molar-refractivity contribution >= 4 is 33.2 Å². The van der Waals surface area contributed by atoms with E-state index in [0.29, 0.717) is 10.8 Å². The van der Waals surface area contributed by atoms with Crippen LogP contribution >= 0.6 is 27.5 Å². The minimum absolute atomic E-state index is 0.00200. The van der Waals surface area contributed by atoms with Crippen LogP contribution < -0.4 is 5.32 Å². The molecule has 4 heteroatoms. The van der Waals surface area contributed by atoms with Crippen LogP contribution in [-0.2, 0) is 0 Å². The number of rotatable bonds is 3. The highest BCUT2D eigenvalue weighted by Gasteiger charge is 2.10. The van der Waals surface area contributed by atoms with E-state index in [-0.39, 0.29) is 6.04 Å². The summed E-state index contributed by atoms with van der Waals surface area (Å²) >= 11 is 9.42. The van der Waals surface area contributed by atoms with Crippen molar-refractivity contribution in [2.45, 2.75) is 19.9 Å². The van der Waals surface area contributed by atoms with E-state index in [9.17, 15) is 5.11 Å². The Labute approximate surface area is 126 Å². The van der Waals surface area contributed by atoms with Crippen LogP contribution in [-0.4, -0.2) is 5.11 Å². The van der Waals surface area contributed by atoms with Gasteiger partial charge in [-0.05, 0) is 59.6 Å². The fraction of sp³-hybridized carbons (Fsp3) is 0.200. The molecule has 1 atom stereocenters. The topological polar surface area (TPSA) is 32.3 Å². The van der Waals surface area contributed by atoms with E-state index in [2.05, 4.69) is 21.2 Å².